The van der Waals surface area contributed by atoms with Gasteiger partial charge in [-0.25, -0.2) is 17.2 Å². The third-order valence-electron chi connectivity index (χ3n) is 5.23. The monoisotopic (exact) mass is 500 g/mol. The van der Waals surface area contributed by atoms with Gasteiger partial charge in [-0.05, 0) is 55.2 Å². The van der Waals surface area contributed by atoms with E-state index >= 15 is 0 Å². The van der Waals surface area contributed by atoms with E-state index in [0.29, 0.717) is 12.8 Å². The minimum Gasteiger partial charge on any atom is -0.461 e. The van der Waals surface area contributed by atoms with E-state index in [2.05, 4.69) is 5.32 Å². The van der Waals surface area contributed by atoms with Crippen LogP contribution in [0.3, 0.4) is 0 Å². The molecule has 0 aromatic heterocycles. The van der Waals surface area contributed by atoms with E-state index in [0.717, 1.165) is 28.6 Å². The Labute approximate surface area is 195 Å². The lowest BCUT2D eigenvalue weighted by molar-refractivity contribution is -0.146. The zero-order chi connectivity index (χ0) is 24.3. The molecule has 1 fully saturated rings. The lowest BCUT2D eigenvalue weighted by atomic mass is 10.1. The van der Waals surface area contributed by atoms with Crippen molar-refractivity contribution in [3.8, 4) is 0 Å². The highest BCUT2D eigenvalue weighted by atomic mass is 35.5. The van der Waals surface area contributed by atoms with Gasteiger partial charge in [-0.15, -0.1) is 0 Å². The number of benzene rings is 2. The van der Waals surface area contributed by atoms with Crippen molar-refractivity contribution in [1.82, 2.24) is 4.31 Å². The van der Waals surface area contributed by atoms with Crippen LogP contribution in [0, 0.1) is 17.6 Å². The Hall–Kier alpha value is -2.56. The van der Waals surface area contributed by atoms with Crippen molar-refractivity contribution < 1.29 is 31.5 Å². The van der Waals surface area contributed by atoms with E-state index in [1.165, 1.54) is 19.1 Å². The molecule has 1 N–H and O–H groups in total. The normalized spacial score (nSPS) is 19.5. The maximum atomic E-state index is 14.6. The molecule has 0 aliphatic carbocycles. The number of nitrogens with one attached hydrogen (secondary N) is 1. The van der Waals surface area contributed by atoms with Crippen molar-refractivity contribution in [3.05, 3.63) is 58.6 Å². The average Bonchev–Trinajstić information content (AvgIpc) is 2.92. The molecule has 1 amide bonds. The highest BCUT2D eigenvalue weighted by molar-refractivity contribution is 7.89. The van der Waals surface area contributed by atoms with Crippen molar-refractivity contribution in [1.29, 1.82) is 0 Å². The van der Waals surface area contributed by atoms with Crippen LogP contribution in [-0.2, 0) is 19.6 Å². The highest BCUT2D eigenvalue weighted by Crippen LogP contribution is 2.27. The van der Waals surface area contributed by atoms with E-state index in [9.17, 15) is 26.8 Å². The van der Waals surface area contributed by atoms with E-state index in [1.54, 1.807) is 0 Å². The number of sulfonamides is 1. The second-order valence-electron chi connectivity index (χ2n) is 7.96. The second-order valence-corrected chi connectivity index (χ2v) is 10.3. The Bertz CT molecular complexity index is 1180. The van der Waals surface area contributed by atoms with Crippen LogP contribution in [0.15, 0.2) is 41.3 Å². The summed E-state index contributed by atoms with van der Waals surface area (Å²) >= 11 is 5.71. The summed E-state index contributed by atoms with van der Waals surface area (Å²) in [5, 5.41) is 2.27. The van der Waals surface area contributed by atoms with Gasteiger partial charge in [0, 0.05) is 24.7 Å². The van der Waals surface area contributed by atoms with Gasteiger partial charge in [-0.1, -0.05) is 18.5 Å². The number of rotatable bonds is 5. The first kappa shape index (κ1) is 25.1. The first-order valence-electron chi connectivity index (χ1n) is 10.2. The summed E-state index contributed by atoms with van der Waals surface area (Å²) in [7, 11) is -4.34. The molecule has 0 unspecified atom stereocenters. The van der Waals surface area contributed by atoms with E-state index in [1.807, 2.05) is 6.92 Å². The van der Waals surface area contributed by atoms with Gasteiger partial charge in [-0.3, -0.25) is 9.59 Å². The van der Waals surface area contributed by atoms with Gasteiger partial charge in [0.15, 0.2) is 0 Å². The van der Waals surface area contributed by atoms with Crippen molar-refractivity contribution in [3.63, 3.8) is 0 Å². The lowest BCUT2D eigenvalue weighted by Crippen LogP contribution is -2.39. The number of ether oxygens (including phenoxy) is 1. The molecule has 7 nitrogen and oxygen atoms in total. The van der Waals surface area contributed by atoms with Crippen molar-refractivity contribution in [2.45, 2.75) is 37.7 Å². The first-order chi connectivity index (χ1) is 15.5. The third kappa shape index (κ3) is 6.07. The van der Waals surface area contributed by atoms with Crippen molar-refractivity contribution >= 4 is 39.2 Å². The number of carbonyl (C=O) groups is 2. The Balaban J connectivity index is 1.89. The van der Waals surface area contributed by atoms with Crippen molar-refractivity contribution in [2.24, 2.45) is 5.92 Å². The molecular formula is C22H23ClF2N2O5S. The summed E-state index contributed by atoms with van der Waals surface area (Å²) in [6, 6.07) is 6.53. The zero-order valence-electron chi connectivity index (χ0n) is 18.0. The third-order valence-corrected chi connectivity index (χ3v) is 7.36. The van der Waals surface area contributed by atoms with Gasteiger partial charge in [-0.2, -0.15) is 4.31 Å². The van der Waals surface area contributed by atoms with Crippen LogP contribution in [0.1, 0.15) is 37.0 Å². The molecule has 1 heterocycles. The molecule has 0 saturated carbocycles. The molecule has 2 aromatic rings. The Morgan fingerprint density at radius 3 is 2.45 bits per heavy atom. The summed E-state index contributed by atoms with van der Waals surface area (Å²) < 4.78 is 60.9. The molecule has 1 aliphatic rings. The van der Waals surface area contributed by atoms with Gasteiger partial charge in [0.1, 0.15) is 22.6 Å². The summed E-state index contributed by atoms with van der Waals surface area (Å²) in [5.74, 6) is -2.98. The van der Waals surface area contributed by atoms with E-state index in [4.69, 9.17) is 16.3 Å². The van der Waals surface area contributed by atoms with Gasteiger partial charge in [0.25, 0.3) is 5.91 Å². The first-order valence-corrected chi connectivity index (χ1v) is 12.0. The SMILES string of the molecule is CC(=O)O[C@@H]1CC[C@H](C)CN(S(=O)(=O)c2cc(C(=O)Nc3ccc(F)c(Cl)c3)ccc2F)C1. The van der Waals surface area contributed by atoms with Crippen LogP contribution >= 0.6 is 11.6 Å². The standard InChI is InChI=1S/C22H23ClF2N2O5S/c1-13-3-6-17(32-14(2)28)12-27(11-13)33(30,31)21-9-15(4-7-20(21)25)22(29)26-16-5-8-19(24)18(23)10-16/h4-5,7-10,13,17H,3,6,11-12H2,1-2H3,(H,26,29)/t13-,17+/m0/s1. The van der Waals surface area contributed by atoms with Gasteiger partial charge in [0.05, 0.1) is 11.6 Å². The molecule has 0 radical (unpaired) electrons. The maximum absolute atomic E-state index is 14.6. The number of anilines is 1. The number of halogens is 3. The Morgan fingerprint density at radius 1 is 1.09 bits per heavy atom. The van der Waals surface area contributed by atoms with Crippen LogP contribution in [0.4, 0.5) is 14.5 Å². The molecule has 1 saturated heterocycles. The Morgan fingerprint density at radius 2 is 1.79 bits per heavy atom. The molecule has 0 bridgehead atoms. The molecule has 2 aromatic carbocycles. The average molecular weight is 501 g/mol. The number of carbonyl (C=O) groups excluding carboxylic acids is 2. The van der Waals surface area contributed by atoms with Crippen LogP contribution in [-0.4, -0.2) is 43.8 Å². The van der Waals surface area contributed by atoms with Crippen LogP contribution < -0.4 is 5.32 Å². The minimum atomic E-state index is -4.34. The zero-order valence-corrected chi connectivity index (χ0v) is 19.6. The molecule has 1 aliphatic heterocycles. The summed E-state index contributed by atoms with van der Waals surface area (Å²) in [4.78, 5) is 23.3. The Kier molecular flexibility index (Phi) is 7.71. The van der Waals surface area contributed by atoms with Gasteiger partial charge in [0.2, 0.25) is 10.0 Å². The molecule has 2 atom stereocenters. The van der Waals surface area contributed by atoms with Crippen LogP contribution in [0.2, 0.25) is 5.02 Å². The van der Waals surface area contributed by atoms with Crippen LogP contribution in [0.25, 0.3) is 0 Å². The molecule has 33 heavy (non-hydrogen) atoms. The molecule has 0 spiro atoms. The fourth-order valence-corrected chi connectivity index (χ4v) is 5.45. The number of hydrogen-bond acceptors (Lipinski definition) is 5. The summed E-state index contributed by atoms with van der Waals surface area (Å²) in [6.45, 7) is 3.09. The minimum absolute atomic E-state index is 0.0434. The maximum Gasteiger partial charge on any atom is 0.302 e. The number of esters is 1. The smallest absolute Gasteiger partial charge is 0.302 e. The van der Waals surface area contributed by atoms with Crippen LogP contribution in [0.5, 0.6) is 0 Å². The predicted octanol–water partition coefficient (Wildman–Crippen LogP) is 4.22. The van der Waals surface area contributed by atoms with Crippen molar-refractivity contribution in [2.75, 3.05) is 18.4 Å². The highest BCUT2D eigenvalue weighted by Gasteiger charge is 2.34. The summed E-state index contributed by atoms with van der Waals surface area (Å²) in [5.41, 5.74) is 0.0699. The molecule has 178 valence electrons. The number of hydrogen-bond donors (Lipinski definition) is 1. The van der Waals surface area contributed by atoms with E-state index in [-0.39, 0.29) is 35.3 Å². The fraction of sp³-hybridized carbons (Fsp3) is 0.364. The van der Waals surface area contributed by atoms with Gasteiger partial charge < -0.3 is 10.1 Å². The quantitative estimate of drug-likeness (QED) is 0.620. The van der Waals surface area contributed by atoms with E-state index < -0.39 is 44.5 Å². The second kappa shape index (κ2) is 10.1. The van der Waals surface area contributed by atoms with Gasteiger partial charge >= 0.3 is 5.97 Å². The lowest BCUT2D eigenvalue weighted by Gasteiger charge is -2.25. The molecule has 11 heteroatoms. The fourth-order valence-electron chi connectivity index (χ4n) is 3.59. The predicted molar refractivity (Wildman–Crippen MR) is 118 cm³/mol. The molecule has 3 rings (SSSR count). The topological polar surface area (TPSA) is 92.8 Å². The number of amides is 1. The number of nitrogens with zero attached hydrogens (tertiary/aromatic N) is 1. The summed E-state index contributed by atoms with van der Waals surface area (Å²) in [6.07, 6.45) is 0.465. The largest absolute Gasteiger partial charge is 0.461 e. The molecular weight excluding hydrogens is 478 g/mol.